The van der Waals surface area contributed by atoms with Crippen LogP contribution in [-0.4, -0.2) is 28.5 Å². The Labute approximate surface area is 111 Å². The molecule has 0 spiro atoms. The summed E-state index contributed by atoms with van der Waals surface area (Å²) in [6.07, 6.45) is 2.39. The van der Waals surface area contributed by atoms with Gasteiger partial charge in [-0.3, -0.25) is 9.12 Å². The van der Waals surface area contributed by atoms with E-state index in [9.17, 15) is 8.42 Å². The maximum absolute atomic E-state index is 10.1. The summed E-state index contributed by atoms with van der Waals surface area (Å²) in [6.45, 7) is 1.98. The Morgan fingerprint density at radius 2 is 1.60 bits per heavy atom. The predicted molar refractivity (Wildman–Crippen MR) is 48.0 cm³/mol. The van der Waals surface area contributed by atoms with Crippen LogP contribution in [0.15, 0.2) is 0 Å². The van der Waals surface area contributed by atoms with Gasteiger partial charge >= 0.3 is 29.6 Å². The van der Waals surface area contributed by atoms with Crippen molar-refractivity contribution < 1.29 is 61.8 Å². The number of phosphoric acid groups is 1. The molecule has 0 fully saturated rings. The first kappa shape index (κ1) is 21.3. The topological polar surface area (TPSA) is 135 Å². The van der Waals surface area contributed by atoms with E-state index < -0.39 is 17.9 Å². The fourth-order valence-corrected chi connectivity index (χ4v) is 1.10. The Kier molecular flexibility index (Phi) is 14.5. The Balaban J connectivity index is -0.000000208. The second kappa shape index (κ2) is 10.2. The second-order valence-corrected chi connectivity index (χ2v) is 5.04. The number of rotatable bonds is 4. The van der Waals surface area contributed by atoms with Crippen molar-refractivity contribution >= 4 is 17.9 Å². The molecule has 7 nitrogen and oxygen atoms in total. The zero-order valence-corrected chi connectivity index (χ0v) is 12.4. The first-order valence-electron chi connectivity index (χ1n) is 3.78. The molecule has 10 heteroatoms. The molecule has 0 bridgehead atoms. The molecule has 0 aromatic heterocycles. The Morgan fingerprint density at radius 1 is 1.27 bits per heavy atom. The minimum absolute atomic E-state index is 0. The van der Waals surface area contributed by atoms with Crippen molar-refractivity contribution in [2.24, 2.45) is 0 Å². The fraction of sp³-hybridized carbons (Fsp3) is 1.00. The van der Waals surface area contributed by atoms with Crippen LogP contribution in [0.1, 0.15) is 26.2 Å². The summed E-state index contributed by atoms with van der Waals surface area (Å²) >= 11 is 0. The molecule has 0 aliphatic heterocycles. The largest absolute Gasteiger partial charge is 1.00 e. The van der Waals surface area contributed by atoms with E-state index in [-0.39, 0.29) is 35.3 Å². The van der Waals surface area contributed by atoms with Gasteiger partial charge in [-0.15, -0.1) is 0 Å². The molecule has 15 heavy (non-hydrogen) atoms. The summed E-state index contributed by atoms with van der Waals surface area (Å²) in [4.78, 5) is 22.9. The Morgan fingerprint density at radius 3 is 1.80 bits per heavy atom. The van der Waals surface area contributed by atoms with Gasteiger partial charge < -0.3 is 14.7 Å². The maximum atomic E-state index is 10.1. The zero-order valence-electron chi connectivity index (χ0n) is 8.66. The van der Waals surface area contributed by atoms with Crippen LogP contribution in [0.25, 0.3) is 0 Å². The second-order valence-electron chi connectivity index (χ2n) is 2.48. The first-order chi connectivity index (χ1) is 6.06. The number of hydrogen-bond donors (Lipinski definition) is 3. The van der Waals surface area contributed by atoms with Crippen molar-refractivity contribution in [3.05, 3.63) is 0 Å². The van der Waals surface area contributed by atoms with Gasteiger partial charge in [0.2, 0.25) is 0 Å². The monoisotopic (exact) mass is 272 g/mol. The van der Waals surface area contributed by atoms with Crippen LogP contribution in [0.3, 0.4) is 0 Å². The summed E-state index contributed by atoms with van der Waals surface area (Å²) in [5.74, 6) is -0.0964. The average Bonchev–Trinajstić information content (AvgIpc) is 1.80. The van der Waals surface area contributed by atoms with Crippen molar-refractivity contribution in [3.63, 3.8) is 0 Å². The smallest absolute Gasteiger partial charge is 0.756 e. The first-order valence-corrected chi connectivity index (χ1v) is 6.92. The van der Waals surface area contributed by atoms with Gasteiger partial charge in [-0.1, -0.05) is 19.8 Å². The summed E-state index contributed by atoms with van der Waals surface area (Å²) in [5.41, 5.74) is 0. The summed E-state index contributed by atoms with van der Waals surface area (Å²) in [7, 11) is -8.59. The van der Waals surface area contributed by atoms with Crippen molar-refractivity contribution in [3.8, 4) is 0 Å². The normalized spacial score (nSPS) is 11.0. The molecule has 0 radical (unpaired) electrons. The van der Waals surface area contributed by atoms with Crippen LogP contribution in [0.5, 0.6) is 0 Å². The zero-order chi connectivity index (χ0) is 11.8. The van der Waals surface area contributed by atoms with Crippen LogP contribution < -0.4 is 34.5 Å². The van der Waals surface area contributed by atoms with Crippen molar-refractivity contribution in [2.75, 3.05) is 5.75 Å². The van der Waals surface area contributed by atoms with Crippen molar-refractivity contribution in [1.82, 2.24) is 0 Å². The minimum atomic E-state index is -4.89. The summed E-state index contributed by atoms with van der Waals surface area (Å²) in [6, 6.07) is 0. The minimum Gasteiger partial charge on any atom is -0.756 e. The number of hydrogen-bond acceptors (Lipinski definition) is 4. The third kappa shape index (κ3) is 51.7. The van der Waals surface area contributed by atoms with E-state index >= 15 is 0 Å². The fourth-order valence-electron chi connectivity index (χ4n) is 0.534. The Hall–Kier alpha value is 1.02. The van der Waals surface area contributed by atoms with Crippen molar-refractivity contribution in [2.45, 2.75) is 26.2 Å². The third-order valence-electron chi connectivity index (χ3n) is 1.01. The molecule has 88 valence electrons. The standard InChI is InChI=1S/C5H12O3S.Na.H3O4P/c1-2-3-4-5-9(6,7)8;;1-5(2,3)4/h2-5H2,1H3,(H,6,7,8);;(H3,1,2,3,4)/q;+1;/p-1. The molecule has 0 aromatic carbocycles. The third-order valence-corrected chi connectivity index (χ3v) is 1.81. The van der Waals surface area contributed by atoms with Gasteiger partial charge in [0, 0.05) is 0 Å². The predicted octanol–water partition coefficient (Wildman–Crippen LogP) is -3.49. The molecule has 0 saturated carbocycles. The molecule has 0 aliphatic rings. The van der Waals surface area contributed by atoms with Crippen LogP contribution in [0, 0.1) is 0 Å². The Bertz CT molecular complexity index is 263. The molecule has 0 unspecified atom stereocenters. The molecular formula is C5H14NaO7PS. The maximum Gasteiger partial charge on any atom is 1.00 e. The van der Waals surface area contributed by atoms with Crippen LogP contribution in [-0.2, 0) is 14.7 Å². The molecule has 0 rings (SSSR count). The van der Waals surface area contributed by atoms with Gasteiger partial charge in [0.05, 0.1) is 5.75 Å². The van der Waals surface area contributed by atoms with Gasteiger partial charge in [0.15, 0.2) is 0 Å². The van der Waals surface area contributed by atoms with E-state index in [2.05, 4.69) is 0 Å². The molecule has 0 heterocycles. The molecule has 3 N–H and O–H groups in total. The van der Waals surface area contributed by atoms with Gasteiger partial charge in [-0.05, 0) is 6.42 Å². The molecule has 0 aromatic rings. The van der Waals surface area contributed by atoms with Crippen LogP contribution in [0.2, 0.25) is 0 Å². The van der Waals surface area contributed by atoms with E-state index in [4.69, 9.17) is 23.8 Å². The van der Waals surface area contributed by atoms with E-state index in [1.54, 1.807) is 0 Å². The van der Waals surface area contributed by atoms with E-state index in [1.165, 1.54) is 0 Å². The molecule has 0 saturated heterocycles. The molecule has 0 amide bonds. The number of unbranched alkanes of at least 4 members (excludes halogenated alkanes) is 2. The van der Waals surface area contributed by atoms with Crippen LogP contribution >= 0.6 is 7.82 Å². The van der Waals surface area contributed by atoms with E-state index in [0.717, 1.165) is 12.8 Å². The van der Waals surface area contributed by atoms with Crippen LogP contribution in [0.4, 0.5) is 0 Å². The average molecular weight is 272 g/mol. The molecular weight excluding hydrogens is 258 g/mol. The van der Waals surface area contributed by atoms with E-state index in [0.29, 0.717) is 6.42 Å². The summed E-state index contributed by atoms with van der Waals surface area (Å²) < 4.78 is 37.1. The van der Waals surface area contributed by atoms with Gasteiger partial charge in [0.25, 0.3) is 17.9 Å². The van der Waals surface area contributed by atoms with Crippen molar-refractivity contribution in [1.29, 1.82) is 0 Å². The SMILES string of the molecule is CCCCCS(=O)(=O)O.O=P([O-])(O)O.[Na+]. The molecule has 0 aliphatic carbocycles. The molecule has 0 atom stereocenters. The van der Waals surface area contributed by atoms with Gasteiger partial charge in [0.1, 0.15) is 0 Å². The van der Waals surface area contributed by atoms with E-state index in [1.807, 2.05) is 6.92 Å². The van der Waals surface area contributed by atoms with Gasteiger partial charge in [-0.2, -0.15) is 8.42 Å². The quantitative estimate of drug-likeness (QED) is 0.209. The summed E-state index contributed by atoms with van der Waals surface area (Å²) in [5, 5.41) is 0. The van der Waals surface area contributed by atoms with Gasteiger partial charge in [-0.25, -0.2) is 0 Å².